The first-order chi connectivity index (χ1) is 10.9. The van der Waals surface area contributed by atoms with Crippen molar-refractivity contribution in [1.82, 2.24) is 0 Å². The summed E-state index contributed by atoms with van der Waals surface area (Å²) in [7, 11) is 0. The Morgan fingerprint density at radius 1 is 0.957 bits per heavy atom. The minimum Gasteiger partial charge on any atom is -0.466 e. The van der Waals surface area contributed by atoms with Crippen LogP contribution in [0.25, 0.3) is 0 Å². The number of hydrogen-bond donors (Lipinski definition) is 0. The molecule has 0 aromatic carbocycles. The average Bonchev–Trinajstić information content (AvgIpc) is 2.53. The fraction of sp³-hybridized carbons (Fsp3) is 0.706. The van der Waals surface area contributed by atoms with E-state index < -0.39 is 5.97 Å². The monoisotopic (exact) mass is 328 g/mol. The molecule has 0 radical (unpaired) electrons. The van der Waals surface area contributed by atoms with Crippen molar-refractivity contribution in [3.8, 4) is 0 Å². The Morgan fingerprint density at radius 3 is 2.09 bits per heavy atom. The molecule has 1 atom stereocenters. The van der Waals surface area contributed by atoms with E-state index in [1.807, 2.05) is 13.8 Å². The SMILES string of the molecule is C=C(C)C(=O)OCCCC(=O)OCCCCOC(=O)C(C)CC. The summed E-state index contributed by atoms with van der Waals surface area (Å²) in [5, 5.41) is 0. The van der Waals surface area contributed by atoms with Gasteiger partial charge in [-0.05, 0) is 32.6 Å². The molecule has 0 aliphatic carbocycles. The molecule has 1 unspecified atom stereocenters. The summed E-state index contributed by atoms with van der Waals surface area (Å²) in [5.74, 6) is -1.04. The van der Waals surface area contributed by atoms with Crippen molar-refractivity contribution >= 4 is 17.9 Å². The second kappa shape index (κ2) is 12.7. The first kappa shape index (κ1) is 21.1. The standard InChI is InChI=1S/C17H28O6/c1-5-14(4)17(20)23-11-7-6-10-21-15(18)9-8-12-22-16(19)13(2)3/h14H,2,5-12H2,1,3-4H3. The number of rotatable bonds is 12. The largest absolute Gasteiger partial charge is 0.466 e. The molecule has 0 rings (SSSR count). The third-order valence-electron chi connectivity index (χ3n) is 3.17. The van der Waals surface area contributed by atoms with Gasteiger partial charge in [0.05, 0.1) is 25.7 Å². The van der Waals surface area contributed by atoms with Crippen LogP contribution in [0.15, 0.2) is 12.2 Å². The fourth-order valence-corrected chi connectivity index (χ4v) is 1.45. The maximum atomic E-state index is 11.4. The van der Waals surface area contributed by atoms with Crippen LogP contribution < -0.4 is 0 Å². The molecule has 0 spiro atoms. The van der Waals surface area contributed by atoms with Gasteiger partial charge in [-0.2, -0.15) is 0 Å². The van der Waals surface area contributed by atoms with Crippen molar-refractivity contribution in [1.29, 1.82) is 0 Å². The van der Waals surface area contributed by atoms with Crippen LogP contribution in [0.2, 0.25) is 0 Å². The minimum atomic E-state index is -0.453. The van der Waals surface area contributed by atoms with Gasteiger partial charge >= 0.3 is 17.9 Å². The normalized spacial score (nSPS) is 11.4. The van der Waals surface area contributed by atoms with E-state index in [-0.39, 0.29) is 30.9 Å². The van der Waals surface area contributed by atoms with E-state index in [4.69, 9.17) is 14.2 Å². The van der Waals surface area contributed by atoms with E-state index in [1.54, 1.807) is 6.92 Å². The quantitative estimate of drug-likeness (QED) is 0.237. The van der Waals surface area contributed by atoms with Crippen LogP contribution in [0.3, 0.4) is 0 Å². The van der Waals surface area contributed by atoms with E-state index in [0.29, 0.717) is 38.0 Å². The van der Waals surface area contributed by atoms with Gasteiger partial charge in [0.25, 0.3) is 0 Å². The Hall–Kier alpha value is -1.85. The highest BCUT2D eigenvalue weighted by Gasteiger charge is 2.11. The fourth-order valence-electron chi connectivity index (χ4n) is 1.45. The molecule has 6 heteroatoms. The van der Waals surface area contributed by atoms with Crippen molar-refractivity contribution in [2.45, 2.75) is 52.9 Å². The molecular formula is C17H28O6. The van der Waals surface area contributed by atoms with Crippen molar-refractivity contribution < 1.29 is 28.6 Å². The van der Waals surface area contributed by atoms with Crippen molar-refractivity contribution in [2.24, 2.45) is 5.92 Å². The van der Waals surface area contributed by atoms with Crippen LogP contribution in [0.5, 0.6) is 0 Å². The van der Waals surface area contributed by atoms with E-state index in [0.717, 1.165) is 6.42 Å². The summed E-state index contributed by atoms with van der Waals surface area (Å²) in [5.41, 5.74) is 0.335. The summed E-state index contributed by atoms with van der Waals surface area (Å²) >= 11 is 0. The van der Waals surface area contributed by atoms with Gasteiger partial charge in [-0.3, -0.25) is 9.59 Å². The van der Waals surface area contributed by atoms with E-state index in [2.05, 4.69) is 6.58 Å². The lowest BCUT2D eigenvalue weighted by Crippen LogP contribution is -2.15. The Kier molecular flexibility index (Phi) is 11.7. The molecule has 0 fully saturated rings. The molecule has 0 aromatic heterocycles. The first-order valence-corrected chi connectivity index (χ1v) is 8.03. The molecule has 0 saturated carbocycles. The molecule has 0 amide bonds. The molecule has 23 heavy (non-hydrogen) atoms. The molecular weight excluding hydrogens is 300 g/mol. The predicted molar refractivity (Wildman–Crippen MR) is 85.6 cm³/mol. The molecule has 0 aliphatic rings. The molecule has 6 nitrogen and oxygen atoms in total. The highest BCUT2D eigenvalue weighted by atomic mass is 16.5. The zero-order valence-electron chi connectivity index (χ0n) is 14.4. The number of ether oxygens (including phenoxy) is 3. The Morgan fingerprint density at radius 2 is 1.52 bits per heavy atom. The van der Waals surface area contributed by atoms with Gasteiger partial charge < -0.3 is 14.2 Å². The van der Waals surface area contributed by atoms with Gasteiger partial charge in [-0.15, -0.1) is 0 Å². The second-order valence-corrected chi connectivity index (χ2v) is 5.42. The predicted octanol–water partition coefficient (Wildman–Crippen LogP) is 2.80. The van der Waals surface area contributed by atoms with Gasteiger partial charge in [-0.1, -0.05) is 20.4 Å². The molecule has 0 saturated heterocycles. The number of hydrogen-bond acceptors (Lipinski definition) is 6. The van der Waals surface area contributed by atoms with Gasteiger partial charge in [-0.25, -0.2) is 4.79 Å². The molecule has 0 bridgehead atoms. The zero-order chi connectivity index (χ0) is 17.7. The van der Waals surface area contributed by atoms with Crippen LogP contribution in [0, 0.1) is 5.92 Å². The van der Waals surface area contributed by atoms with Gasteiger partial charge in [0.15, 0.2) is 0 Å². The maximum Gasteiger partial charge on any atom is 0.333 e. The summed E-state index contributed by atoms with van der Waals surface area (Å²) in [6.07, 6.45) is 2.69. The third-order valence-corrected chi connectivity index (χ3v) is 3.17. The van der Waals surface area contributed by atoms with Crippen LogP contribution in [0.4, 0.5) is 0 Å². The molecule has 0 aromatic rings. The number of unbranched alkanes of at least 4 members (excludes halogenated alkanes) is 1. The number of esters is 3. The average molecular weight is 328 g/mol. The zero-order valence-corrected chi connectivity index (χ0v) is 14.4. The second-order valence-electron chi connectivity index (χ2n) is 5.42. The van der Waals surface area contributed by atoms with Crippen LogP contribution >= 0.6 is 0 Å². The van der Waals surface area contributed by atoms with Crippen molar-refractivity contribution in [3.05, 3.63) is 12.2 Å². The number of carbonyl (C=O) groups is 3. The van der Waals surface area contributed by atoms with E-state index in [1.165, 1.54) is 0 Å². The smallest absolute Gasteiger partial charge is 0.333 e. The minimum absolute atomic E-state index is 0.0770. The van der Waals surface area contributed by atoms with Gasteiger partial charge in [0, 0.05) is 12.0 Å². The van der Waals surface area contributed by atoms with Crippen molar-refractivity contribution in [3.63, 3.8) is 0 Å². The first-order valence-electron chi connectivity index (χ1n) is 8.03. The van der Waals surface area contributed by atoms with Gasteiger partial charge in [0.2, 0.25) is 0 Å². The third kappa shape index (κ3) is 11.4. The summed E-state index contributed by atoms with van der Waals surface area (Å²) < 4.78 is 15.0. The summed E-state index contributed by atoms with van der Waals surface area (Å²) in [4.78, 5) is 33.9. The molecule has 0 heterocycles. The topological polar surface area (TPSA) is 78.9 Å². The molecule has 0 aliphatic heterocycles. The highest BCUT2D eigenvalue weighted by molar-refractivity contribution is 5.86. The molecule has 132 valence electrons. The Bertz CT molecular complexity index is 402. The van der Waals surface area contributed by atoms with Crippen LogP contribution in [-0.2, 0) is 28.6 Å². The lowest BCUT2D eigenvalue weighted by atomic mass is 10.1. The summed E-state index contributed by atoms with van der Waals surface area (Å²) in [6, 6.07) is 0. The van der Waals surface area contributed by atoms with Crippen LogP contribution in [-0.4, -0.2) is 37.7 Å². The Balaban J connectivity index is 3.49. The van der Waals surface area contributed by atoms with Crippen LogP contribution in [0.1, 0.15) is 52.9 Å². The summed E-state index contributed by atoms with van der Waals surface area (Å²) in [6.45, 7) is 9.61. The maximum absolute atomic E-state index is 11.4. The van der Waals surface area contributed by atoms with Gasteiger partial charge in [0.1, 0.15) is 0 Å². The Labute approximate surface area is 138 Å². The lowest BCUT2D eigenvalue weighted by Gasteiger charge is -2.09. The van der Waals surface area contributed by atoms with E-state index in [9.17, 15) is 14.4 Å². The van der Waals surface area contributed by atoms with E-state index >= 15 is 0 Å². The highest BCUT2D eigenvalue weighted by Crippen LogP contribution is 2.04. The van der Waals surface area contributed by atoms with Crippen molar-refractivity contribution in [2.75, 3.05) is 19.8 Å². The molecule has 0 N–H and O–H groups in total. The number of carbonyl (C=O) groups excluding carboxylic acids is 3. The lowest BCUT2D eigenvalue weighted by molar-refractivity contribution is -0.149.